The Balaban J connectivity index is 1.29. The number of benzene rings is 3. The normalized spacial score (nSPS) is 13.8. The Hall–Kier alpha value is -3.64. The van der Waals surface area contributed by atoms with Gasteiger partial charge in [0.15, 0.2) is 0 Å². The van der Waals surface area contributed by atoms with E-state index in [1.54, 1.807) is 24.3 Å². The minimum atomic E-state index is -0.207. The average Bonchev–Trinajstić information content (AvgIpc) is 3.50. The molecule has 1 fully saturated rings. The number of fused-ring (bicyclic) bond motifs is 1. The third-order valence-electron chi connectivity index (χ3n) is 6.00. The molecule has 3 N–H and O–H groups in total. The Morgan fingerprint density at radius 3 is 2.30 bits per heavy atom. The van der Waals surface area contributed by atoms with Crippen molar-refractivity contribution in [2.24, 2.45) is 5.92 Å². The van der Waals surface area contributed by atoms with Crippen LogP contribution in [0.3, 0.4) is 0 Å². The second-order valence-corrected chi connectivity index (χ2v) is 8.76. The van der Waals surface area contributed by atoms with Crippen molar-refractivity contribution in [2.45, 2.75) is 25.7 Å². The second kappa shape index (κ2) is 9.08. The van der Waals surface area contributed by atoms with Crippen molar-refractivity contribution in [3.05, 3.63) is 77.3 Å². The number of aromatic amines is 1. The molecule has 1 heterocycles. The van der Waals surface area contributed by atoms with Crippen molar-refractivity contribution in [2.75, 3.05) is 10.6 Å². The number of carbonyl (C=O) groups excluding carboxylic acids is 2. The van der Waals surface area contributed by atoms with Crippen molar-refractivity contribution in [3.8, 4) is 11.4 Å². The molecule has 0 bridgehead atoms. The summed E-state index contributed by atoms with van der Waals surface area (Å²) in [6, 6.07) is 19.9. The molecule has 4 aromatic rings. The summed E-state index contributed by atoms with van der Waals surface area (Å²) in [5.41, 5.74) is 4.52. The highest BCUT2D eigenvalue weighted by atomic mass is 35.5. The van der Waals surface area contributed by atoms with Crippen molar-refractivity contribution in [1.29, 1.82) is 0 Å². The third kappa shape index (κ3) is 4.76. The maximum absolute atomic E-state index is 12.5. The maximum Gasteiger partial charge on any atom is 0.255 e. The highest BCUT2D eigenvalue weighted by Crippen LogP contribution is 2.27. The molecular formula is C26H23ClN4O2. The summed E-state index contributed by atoms with van der Waals surface area (Å²) in [6.45, 7) is 0. The lowest BCUT2D eigenvalue weighted by molar-refractivity contribution is -0.119. The summed E-state index contributed by atoms with van der Waals surface area (Å²) >= 11 is 5.89. The van der Waals surface area contributed by atoms with Gasteiger partial charge in [-0.3, -0.25) is 9.59 Å². The van der Waals surface area contributed by atoms with E-state index in [0.717, 1.165) is 53.8 Å². The van der Waals surface area contributed by atoms with Gasteiger partial charge in [-0.1, -0.05) is 24.4 Å². The van der Waals surface area contributed by atoms with E-state index in [2.05, 4.69) is 20.6 Å². The number of halogens is 1. The molecule has 5 rings (SSSR count). The van der Waals surface area contributed by atoms with Crippen LogP contribution < -0.4 is 10.6 Å². The molecule has 6 nitrogen and oxygen atoms in total. The van der Waals surface area contributed by atoms with E-state index in [1.807, 2.05) is 42.5 Å². The standard InChI is InChI=1S/C26H23ClN4O2/c27-19-9-5-18(6-10-19)26(33)29-21-13-14-22-23(15-21)31-24(30-22)16-7-11-20(12-8-16)28-25(32)17-3-1-2-4-17/h5-15,17H,1-4H2,(H,28,32)(H,29,33)(H,30,31). The zero-order valence-corrected chi connectivity index (χ0v) is 18.7. The van der Waals surface area contributed by atoms with Crippen LogP contribution in [0.2, 0.25) is 5.02 Å². The number of rotatable bonds is 5. The molecule has 166 valence electrons. The van der Waals surface area contributed by atoms with Gasteiger partial charge in [-0.15, -0.1) is 0 Å². The van der Waals surface area contributed by atoms with Crippen LogP contribution in [0.1, 0.15) is 36.0 Å². The maximum atomic E-state index is 12.5. The Kier molecular flexibility index (Phi) is 5.84. The second-order valence-electron chi connectivity index (χ2n) is 8.33. The van der Waals surface area contributed by atoms with Gasteiger partial charge >= 0.3 is 0 Å². The molecule has 3 aromatic carbocycles. The fourth-order valence-electron chi connectivity index (χ4n) is 4.17. The van der Waals surface area contributed by atoms with E-state index in [4.69, 9.17) is 11.6 Å². The lowest BCUT2D eigenvalue weighted by Crippen LogP contribution is -2.20. The molecular weight excluding hydrogens is 436 g/mol. The number of carbonyl (C=O) groups is 2. The van der Waals surface area contributed by atoms with Gasteiger partial charge in [-0.2, -0.15) is 0 Å². The zero-order valence-electron chi connectivity index (χ0n) is 17.9. The predicted molar refractivity (Wildman–Crippen MR) is 132 cm³/mol. The SMILES string of the molecule is O=C(Nc1ccc2nc(-c3ccc(NC(=O)C4CCCC4)cc3)[nH]c2c1)c1ccc(Cl)cc1. The first-order valence-corrected chi connectivity index (χ1v) is 11.4. The molecule has 0 saturated heterocycles. The summed E-state index contributed by atoms with van der Waals surface area (Å²) in [7, 11) is 0. The number of hydrogen-bond donors (Lipinski definition) is 3. The van der Waals surface area contributed by atoms with Crippen molar-refractivity contribution < 1.29 is 9.59 Å². The first kappa shape index (κ1) is 21.2. The van der Waals surface area contributed by atoms with Gasteiger partial charge in [0.1, 0.15) is 5.82 Å². The Labute approximate surface area is 196 Å². The van der Waals surface area contributed by atoms with Crippen LogP contribution in [-0.2, 0) is 4.79 Å². The van der Waals surface area contributed by atoms with Gasteiger partial charge < -0.3 is 15.6 Å². The van der Waals surface area contributed by atoms with E-state index in [0.29, 0.717) is 16.3 Å². The molecule has 33 heavy (non-hydrogen) atoms. The molecule has 0 atom stereocenters. The van der Waals surface area contributed by atoms with Gasteiger partial charge in [0, 0.05) is 33.4 Å². The van der Waals surface area contributed by atoms with Crippen LogP contribution >= 0.6 is 11.6 Å². The molecule has 0 radical (unpaired) electrons. The van der Waals surface area contributed by atoms with Gasteiger partial charge in [-0.25, -0.2) is 4.98 Å². The predicted octanol–water partition coefficient (Wildman–Crippen LogP) is 6.26. The van der Waals surface area contributed by atoms with E-state index in [1.165, 1.54) is 0 Å². The highest BCUT2D eigenvalue weighted by Gasteiger charge is 2.22. The number of amides is 2. The molecule has 0 spiro atoms. The molecule has 1 saturated carbocycles. The average molecular weight is 459 g/mol. The first-order chi connectivity index (χ1) is 16.0. The number of H-pyrrole nitrogens is 1. The quantitative estimate of drug-likeness (QED) is 0.329. The van der Waals surface area contributed by atoms with Crippen LogP contribution in [0.25, 0.3) is 22.4 Å². The summed E-state index contributed by atoms with van der Waals surface area (Å²) in [5, 5.41) is 6.50. The zero-order chi connectivity index (χ0) is 22.8. The molecule has 0 aliphatic heterocycles. The Bertz CT molecular complexity index is 1310. The molecule has 2 amide bonds. The summed E-state index contributed by atoms with van der Waals surface area (Å²) < 4.78 is 0. The van der Waals surface area contributed by atoms with Gasteiger partial charge in [-0.05, 0) is 79.6 Å². The molecule has 7 heteroatoms. The summed E-state index contributed by atoms with van der Waals surface area (Å²) in [4.78, 5) is 32.8. The Morgan fingerprint density at radius 1 is 0.879 bits per heavy atom. The van der Waals surface area contributed by atoms with Gasteiger partial charge in [0.25, 0.3) is 5.91 Å². The lowest BCUT2D eigenvalue weighted by atomic mass is 10.1. The van der Waals surface area contributed by atoms with E-state index in [-0.39, 0.29) is 17.7 Å². The number of nitrogens with one attached hydrogen (secondary N) is 3. The number of aromatic nitrogens is 2. The molecule has 1 aliphatic carbocycles. The van der Waals surface area contributed by atoms with Crippen LogP contribution in [0, 0.1) is 5.92 Å². The molecule has 1 aromatic heterocycles. The van der Waals surface area contributed by atoms with E-state index < -0.39 is 0 Å². The monoisotopic (exact) mass is 458 g/mol. The fraction of sp³-hybridized carbons (Fsp3) is 0.192. The topological polar surface area (TPSA) is 86.9 Å². The number of nitrogens with zero attached hydrogens (tertiary/aromatic N) is 1. The third-order valence-corrected chi connectivity index (χ3v) is 6.25. The van der Waals surface area contributed by atoms with Gasteiger partial charge in [0.2, 0.25) is 5.91 Å². The minimum absolute atomic E-state index is 0.108. The fourth-order valence-corrected chi connectivity index (χ4v) is 4.30. The number of hydrogen-bond acceptors (Lipinski definition) is 3. The molecule has 0 unspecified atom stereocenters. The van der Waals surface area contributed by atoms with Crippen LogP contribution in [0.4, 0.5) is 11.4 Å². The van der Waals surface area contributed by atoms with Crippen molar-refractivity contribution in [1.82, 2.24) is 9.97 Å². The van der Waals surface area contributed by atoms with E-state index >= 15 is 0 Å². The van der Waals surface area contributed by atoms with Crippen LogP contribution in [0.5, 0.6) is 0 Å². The number of imidazole rings is 1. The van der Waals surface area contributed by atoms with Gasteiger partial charge in [0.05, 0.1) is 11.0 Å². The van der Waals surface area contributed by atoms with E-state index in [9.17, 15) is 9.59 Å². The van der Waals surface area contributed by atoms with Crippen LogP contribution in [-0.4, -0.2) is 21.8 Å². The minimum Gasteiger partial charge on any atom is -0.338 e. The van der Waals surface area contributed by atoms with Crippen LogP contribution in [0.15, 0.2) is 66.7 Å². The first-order valence-electron chi connectivity index (χ1n) is 11.0. The smallest absolute Gasteiger partial charge is 0.255 e. The van der Waals surface area contributed by atoms with Crippen molar-refractivity contribution in [3.63, 3.8) is 0 Å². The summed E-state index contributed by atoms with van der Waals surface area (Å²) in [5.74, 6) is 0.757. The van der Waals surface area contributed by atoms with Crippen molar-refractivity contribution >= 4 is 45.8 Å². The largest absolute Gasteiger partial charge is 0.338 e. The number of anilines is 2. The highest BCUT2D eigenvalue weighted by molar-refractivity contribution is 6.30. The summed E-state index contributed by atoms with van der Waals surface area (Å²) in [6.07, 6.45) is 4.22. The lowest BCUT2D eigenvalue weighted by Gasteiger charge is -2.10. The Morgan fingerprint density at radius 2 is 1.58 bits per heavy atom. The molecule has 1 aliphatic rings.